The zero-order valence-electron chi connectivity index (χ0n) is 8.40. The SMILES string of the molecule is [CH]CCOc1cc(OC)ccc1C(=O)O. The number of carboxylic acids is 1. The number of benzene rings is 1. The van der Waals surface area contributed by atoms with Crippen LogP contribution in [-0.2, 0) is 0 Å². The van der Waals surface area contributed by atoms with Gasteiger partial charge >= 0.3 is 5.97 Å². The van der Waals surface area contributed by atoms with E-state index in [-0.39, 0.29) is 17.9 Å². The number of hydrogen-bond acceptors (Lipinski definition) is 3. The summed E-state index contributed by atoms with van der Waals surface area (Å²) in [6, 6.07) is 4.53. The highest BCUT2D eigenvalue weighted by Gasteiger charge is 2.11. The van der Waals surface area contributed by atoms with Gasteiger partial charge in [0.05, 0.1) is 13.7 Å². The molecule has 80 valence electrons. The fourth-order valence-corrected chi connectivity index (χ4v) is 1.09. The highest BCUT2D eigenvalue weighted by atomic mass is 16.5. The van der Waals surface area contributed by atoms with E-state index in [1.807, 2.05) is 0 Å². The third-order valence-corrected chi connectivity index (χ3v) is 1.79. The minimum atomic E-state index is -1.04. The first-order valence-corrected chi connectivity index (χ1v) is 4.43. The first-order valence-electron chi connectivity index (χ1n) is 4.43. The molecule has 4 heteroatoms. The lowest BCUT2D eigenvalue weighted by atomic mass is 10.2. The normalized spacial score (nSPS) is 9.73. The molecule has 1 aromatic carbocycles. The van der Waals surface area contributed by atoms with E-state index in [0.29, 0.717) is 12.2 Å². The average molecular weight is 208 g/mol. The molecule has 0 saturated carbocycles. The number of methoxy groups -OCH3 is 1. The molecule has 0 heterocycles. The molecule has 2 radical (unpaired) electrons. The van der Waals surface area contributed by atoms with Crippen molar-refractivity contribution in [1.29, 1.82) is 0 Å². The van der Waals surface area contributed by atoms with Gasteiger partial charge in [-0.05, 0) is 25.5 Å². The van der Waals surface area contributed by atoms with Crippen molar-refractivity contribution in [3.05, 3.63) is 30.7 Å². The van der Waals surface area contributed by atoms with Crippen LogP contribution in [0.3, 0.4) is 0 Å². The Balaban J connectivity index is 2.99. The van der Waals surface area contributed by atoms with Crippen LogP contribution in [0.2, 0.25) is 0 Å². The van der Waals surface area contributed by atoms with E-state index in [9.17, 15) is 4.79 Å². The molecule has 1 rings (SSSR count). The van der Waals surface area contributed by atoms with Crippen LogP contribution in [0, 0.1) is 6.92 Å². The van der Waals surface area contributed by atoms with Gasteiger partial charge < -0.3 is 14.6 Å². The van der Waals surface area contributed by atoms with Crippen LogP contribution in [0.25, 0.3) is 0 Å². The second-order valence-corrected chi connectivity index (χ2v) is 2.80. The van der Waals surface area contributed by atoms with Crippen molar-refractivity contribution < 1.29 is 19.4 Å². The predicted octanol–water partition coefficient (Wildman–Crippen LogP) is 1.87. The summed E-state index contributed by atoms with van der Waals surface area (Å²) >= 11 is 0. The smallest absolute Gasteiger partial charge is 0.339 e. The van der Waals surface area contributed by atoms with Crippen molar-refractivity contribution in [3.8, 4) is 11.5 Å². The Morgan fingerprint density at radius 2 is 2.27 bits per heavy atom. The highest BCUT2D eigenvalue weighted by molar-refractivity contribution is 5.91. The van der Waals surface area contributed by atoms with Gasteiger partial charge in [-0.3, -0.25) is 0 Å². The molecule has 0 fully saturated rings. The molecule has 1 aromatic rings. The van der Waals surface area contributed by atoms with E-state index in [0.717, 1.165) is 0 Å². The molecule has 0 aliphatic carbocycles. The zero-order valence-corrected chi connectivity index (χ0v) is 8.40. The fraction of sp³-hybridized carbons (Fsp3) is 0.273. The molecule has 4 nitrogen and oxygen atoms in total. The summed E-state index contributed by atoms with van der Waals surface area (Å²) in [5, 5.41) is 8.88. The first kappa shape index (κ1) is 11.4. The first-order chi connectivity index (χ1) is 7.19. The van der Waals surface area contributed by atoms with Crippen LogP contribution in [0.1, 0.15) is 16.8 Å². The Bertz CT molecular complexity index is 346. The summed E-state index contributed by atoms with van der Waals surface area (Å²) < 4.78 is 10.2. The summed E-state index contributed by atoms with van der Waals surface area (Å²) in [6.07, 6.45) is 0.330. The Kier molecular flexibility index (Phi) is 3.97. The fourth-order valence-electron chi connectivity index (χ4n) is 1.09. The minimum absolute atomic E-state index is 0.101. The molecular weight excluding hydrogens is 196 g/mol. The lowest BCUT2D eigenvalue weighted by Gasteiger charge is -2.09. The molecule has 0 unspecified atom stereocenters. The number of ether oxygens (including phenoxy) is 2. The van der Waals surface area contributed by atoms with E-state index in [4.69, 9.17) is 21.5 Å². The number of hydrogen-bond donors (Lipinski definition) is 1. The minimum Gasteiger partial charge on any atom is -0.497 e. The Labute approximate surface area is 88.4 Å². The van der Waals surface area contributed by atoms with Crippen molar-refractivity contribution in [2.24, 2.45) is 0 Å². The van der Waals surface area contributed by atoms with Crippen LogP contribution in [0.4, 0.5) is 0 Å². The molecule has 1 N–H and O–H groups in total. The van der Waals surface area contributed by atoms with Crippen LogP contribution in [0.5, 0.6) is 11.5 Å². The molecule has 0 aromatic heterocycles. The number of rotatable bonds is 5. The average Bonchev–Trinajstić information content (AvgIpc) is 2.25. The van der Waals surface area contributed by atoms with Crippen LogP contribution in [0.15, 0.2) is 18.2 Å². The lowest BCUT2D eigenvalue weighted by molar-refractivity contribution is 0.0692. The lowest BCUT2D eigenvalue weighted by Crippen LogP contribution is -2.04. The molecular formula is C11H12O4. The summed E-state index contributed by atoms with van der Waals surface area (Å²) in [7, 11) is 1.50. The van der Waals surface area contributed by atoms with Gasteiger partial charge in [-0.25, -0.2) is 4.79 Å². The van der Waals surface area contributed by atoms with Gasteiger partial charge in [-0.1, -0.05) is 0 Å². The molecule has 0 spiro atoms. The van der Waals surface area contributed by atoms with Gasteiger partial charge in [0.1, 0.15) is 17.1 Å². The molecule has 0 atom stereocenters. The third-order valence-electron chi connectivity index (χ3n) is 1.79. The summed E-state index contributed by atoms with van der Waals surface area (Å²) in [6.45, 7) is 5.54. The van der Waals surface area contributed by atoms with E-state index in [2.05, 4.69) is 0 Å². The molecule has 0 bridgehead atoms. The largest absolute Gasteiger partial charge is 0.497 e. The Morgan fingerprint density at radius 1 is 1.53 bits per heavy atom. The van der Waals surface area contributed by atoms with Gasteiger partial charge in [0.15, 0.2) is 0 Å². The van der Waals surface area contributed by atoms with Crippen molar-refractivity contribution in [3.63, 3.8) is 0 Å². The summed E-state index contributed by atoms with van der Waals surface area (Å²) in [4.78, 5) is 10.8. The standard InChI is InChI=1S/C11H12O4/c1-3-6-15-10-7-8(14-2)4-5-9(10)11(12)13/h1,4-5,7H,3,6H2,2H3,(H,12,13). The Morgan fingerprint density at radius 3 is 2.80 bits per heavy atom. The molecule has 0 saturated heterocycles. The van der Waals surface area contributed by atoms with Gasteiger partial charge in [0.2, 0.25) is 0 Å². The van der Waals surface area contributed by atoms with E-state index >= 15 is 0 Å². The summed E-state index contributed by atoms with van der Waals surface area (Å²) in [5.74, 6) is -0.219. The number of aromatic carboxylic acids is 1. The maximum absolute atomic E-state index is 10.8. The number of carbonyl (C=O) groups is 1. The van der Waals surface area contributed by atoms with Crippen molar-refractivity contribution >= 4 is 5.97 Å². The van der Waals surface area contributed by atoms with Crippen LogP contribution >= 0.6 is 0 Å². The molecule has 0 aliphatic rings. The van der Waals surface area contributed by atoms with E-state index in [1.54, 1.807) is 6.07 Å². The van der Waals surface area contributed by atoms with Gasteiger partial charge in [0, 0.05) is 6.07 Å². The quantitative estimate of drug-likeness (QED) is 0.802. The van der Waals surface area contributed by atoms with Crippen molar-refractivity contribution in [2.45, 2.75) is 6.42 Å². The van der Waals surface area contributed by atoms with Gasteiger partial charge in [-0.15, -0.1) is 0 Å². The second-order valence-electron chi connectivity index (χ2n) is 2.80. The number of carboxylic acid groups (broad SMARTS) is 1. The Hall–Kier alpha value is -1.71. The highest BCUT2D eigenvalue weighted by Crippen LogP contribution is 2.24. The topological polar surface area (TPSA) is 55.8 Å². The molecule has 15 heavy (non-hydrogen) atoms. The summed E-state index contributed by atoms with van der Waals surface area (Å²) in [5.41, 5.74) is 0.101. The van der Waals surface area contributed by atoms with Gasteiger partial charge in [0.25, 0.3) is 0 Å². The predicted molar refractivity (Wildman–Crippen MR) is 54.4 cm³/mol. The maximum atomic E-state index is 10.8. The van der Waals surface area contributed by atoms with Crippen molar-refractivity contribution in [2.75, 3.05) is 13.7 Å². The zero-order chi connectivity index (χ0) is 11.3. The van der Waals surface area contributed by atoms with Crippen molar-refractivity contribution in [1.82, 2.24) is 0 Å². The van der Waals surface area contributed by atoms with Gasteiger partial charge in [-0.2, -0.15) is 0 Å². The third kappa shape index (κ3) is 2.87. The van der Waals surface area contributed by atoms with Crippen LogP contribution < -0.4 is 9.47 Å². The van der Waals surface area contributed by atoms with E-state index in [1.165, 1.54) is 19.2 Å². The second kappa shape index (κ2) is 5.24. The molecule has 0 amide bonds. The maximum Gasteiger partial charge on any atom is 0.339 e. The monoisotopic (exact) mass is 208 g/mol. The molecule has 0 aliphatic heterocycles. The van der Waals surface area contributed by atoms with E-state index < -0.39 is 5.97 Å². The van der Waals surface area contributed by atoms with Crippen LogP contribution in [-0.4, -0.2) is 24.8 Å².